The Hall–Kier alpha value is -4.02. The highest BCUT2D eigenvalue weighted by molar-refractivity contribution is 7.89. The molecule has 5 rings (SSSR count). The minimum atomic E-state index is -4.63. The van der Waals surface area contributed by atoms with E-state index in [1.54, 1.807) is 88.4 Å². The molecule has 1 aliphatic heterocycles. The van der Waals surface area contributed by atoms with E-state index in [-0.39, 0.29) is 11.4 Å². The van der Waals surface area contributed by atoms with Crippen LogP contribution in [-0.4, -0.2) is 47.3 Å². The molecule has 10 heteroatoms. The van der Waals surface area contributed by atoms with Gasteiger partial charge in [-0.25, -0.2) is 18.0 Å². The van der Waals surface area contributed by atoms with Gasteiger partial charge in [-0.2, -0.15) is 0 Å². The van der Waals surface area contributed by atoms with Crippen LogP contribution < -0.4 is 0 Å². The van der Waals surface area contributed by atoms with Crippen molar-refractivity contribution in [1.82, 2.24) is 9.21 Å². The smallest absolute Gasteiger partial charge is 0.341 e. The first-order chi connectivity index (χ1) is 22.4. The van der Waals surface area contributed by atoms with Gasteiger partial charge in [-0.15, -0.1) is 4.31 Å². The van der Waals surface area contributed by atoms with Gasteiger partial charge in [0.05, 0.1) is 23.1 Å². The highest BCUT2D eigenvalue weighted by atomic mass is 35.5. The third kappa shape index (κ3) is 6.71. The molecule has 1 saturated heterocycles. The lowest BCUT2D eigenvalue weighted by atomic mass is 9.85. The maximum absolute atomic E-state index is 15.2. The van der Waals surface area contributed by atoms with Crippen LogP contribution in [-0.2, 0) is 35.6 Å². The number of ether oxygens (including phenoxy) is 2. The van der Waals surface area contributed by atoms with Crippen LogP contribution in [0.25, 0.3) is 0 Å². The summed E-state index contributed by atoms with van der Waals surface area (Å²) in [5.74, 6) is -2.07. The Morgan fingerprint density at radius 1 is 0.745 bits per heavy atom. The molecule has 1 fully saturated rings. The normalized spacial score (nSPS) is 18.4. The van der Waals surface area contributed by atoms with Crippen molar-refractivity contribution in [2.24, 2.45) is 0 Å². The first-order valence-electron chi connectivity index (χ1n) is 15.5. The van der Waals surface area contributed by atoms with Crippen LogP contribution in [0.1, 0.15) is 62.2 Å². The van der Waals surface area contributed by atoms with E-state index in [1.165, 1.54) is 12.1 Å². The SMILES string of the molecule is Cc1ccc(S(=O)(=O)N2[C@H](c3ccccc3)N(Cc3ccccc3)[C@@H](c3ccc(Cl)cc3)C2(C(=O)OC(C)C)C(=O)OC(C)C)cc1. The fourth-order valence-electron chi connectivity index (χ4n) is 6.07. The summed E-state index contributed by atoms with van der Waals surface area (Å²) in [7, 11) is -4.63. The summed E-state index contributed by atoms with van der Waals surface area (Å²) in [6.07, 6.45) is -2.51. The fraction of sp³-hybridized carbons (Fsp3) is 0.297. The third-order valence-electron chi connectivity index (χ3n) is 7.99. The maximum Gasteiger partial charge on any atom is 0.341 e. The van der Waals surface area contributed by atoms with E-state index in [0.717, 1.165) is 15.4 Å². The summed E-state index contributed by atoms with van der Waals surface area (Å²) < 4.78 is 43.2. The number of esters is 2. The number of hydrogen-bond acceptors (Lipinski definition) is 7. The number of halogens is 1. The van der Waals surface area contributed by atoms with Crippen LogP contribution in [0.15, 0.2) is 114 Å². The molecule has 4 aromatic carbocycles. The number of rotatable bonds is 10. The van der Waals surface area contributed by atoms with Gasteiger partial charge in [0.2, 0.25) is 10.0 Å². The minimum absolute atomic E-state index is 0.0838. The molecule has 4 aromatic rings. The molecule has 1 aliphatic rings. The zero-order chi connectivity index (χ0) is 33.9. The van der Waals surface area contributed by atoms with Crippen LogP contribution >= 0.6 is 11.6 Å². The lowest BCUT2D eigenvalue weighted by Crippen LogP contribution is -2.63. The Bertz CT molecular complexity index is 1780. The summed E-state index contributed by atoms with van der Waals surface area (Å²) in [5, 5.41) is 0.435. The van der Waals surface area contributed by atoms with Crippen LogP contribution in [0.5, 0.6) is 0 Å². The minimum Gasteiger partial charge on any atom is -0.461 e. The van der Waals surface area contributed by atoms with Crippen molar-refractivity contribution < 1.29 is 27.5 Å². The maximum atomic E-state index is 15.2. The number of sulfonamides is 1. The van der Waals surface area contributed by atoms with E-state index in [4.69, 9.17) is 21.1 Å². The van der Waals surface area contributed by atoms with Gasteiger partial charge in [-0.3, -0.25) is 4.90 Å². The summed E-state index contributed by atoms with van der Waals surface area (Å²) in [5.41, 5.74) is 0.190. The van der Waals surface area contributed by atoms with Crippen LogP contribution in [0, 0.1) is 6.92 Å². The Labute approximate surface area is 281 Å². The van der Waals surface area contributed by atoms with Crippen molar-refractivity contribution in [3.05, 3.63) is 136 Å². The van der Waals surface area contributed by atoms with Gasteiger partial charge >= 0.3 is 11.9 Å². The van der Waals surface area contributed by atoms with Crippen LogP contribution in [0.2, 0.25) is 5.02 Å². The number of nitrogens with zero attached hydrogens (tertiary/aromatic N) is 2. The quantitative estimate of drug-likeness (QED) is 0.129. The predicted molar refractivity (Wildman–Crippen MR) is 181 cm³/mol. The first kappa shape index (κ1) is 34.3. The van der Waals surface area contributed by atoms with E-state index >= 15 is 8.42 Å². The molecular weight excluding hydrogens is 636 g/mol. The summed E-state index contributed by atoms with van der Waals surface area (Å²) in [6, 6.07) is 30.3. The van der Waals surface area contributed by atoms with Gasteiger partial charge in [-0.05, 0) is 75.6 Å². The van der Waals surface area contributed by atoms with Gasteiger partial charge in [0.25, 0.3) is 5.54 Å². The highest BCUT2D eigenvalue weighted by Crippen LogP contribution is 2.56. The number of aryl methyl sites for hydroxylation is 1. The molecular formula is C37H39ClN2O6S. The average Bonchev–Trinajstić information content (AvgIpc) is 3.34. The van der Waals surface area contributed by atoms with Crippen molar-refractivity contribution >= 4 is 33.6 Å². The first-order valence-corrected chi connectivity index (χ1v) is 17.3. The Balaban J connectivity index is 1.95. The Morgan fingerprint density at radius 3 is 1.77 bits per heavy atom. The molecule has 0 saturated carbocycles. The van der Waals surface area contributed by atoms with Crippen LogP contribution in [0.3, 0.4) is 0 Å². The van der Waals surface area contributed by atoms with E-state index in [9.17, 15) is 9.59 Å². The van der Waals surface area contributed by atoms with Gasteiger partial charge in [-0.1, -0.05) is 102 Å². The van der Waals surface area contributed by atoms with Gasteiger partial charge in [0.1, 0.15) is 6.17 Å². The molecule has 0 N–H and O–H groups in total. The van der Waals surface area contributed by atoms with Gasteiger partial charge in [0, 0.05) is 11.6 Å². The van der Waals surface area contributed by atoms with Gasteiger partial charge < -0.3 is 9.47 Å². The number of carbonyl (C=O) groups excluding carboxylic acids is 2. The number of hydrogen-bond donors (Lipinski definition) is 0. The zero-order valence-electron chi connectivity index (χ0n) is 27.0. The number of carbonyl (C=O) groups is 2. The van der Waals surface area contributed by atoms with Crippen molar-refractivity contribution in [3.63, 3.8) is 0 Å². The monoisotopic (exact) mass is 674 g/mol. The second kappa shape index (κ2) is 14.0. The van der Waals surface area contributed by atoms with E-state index < -0.39 is 51.9 Å². The molecule has 246 valence electrons. The van der Waals surface area contributed by atoms with E-state index in [2.05, 4.69) is 0 Å². The molecule has 0 unspecified atom stereocenters. The molecule has 0 aliphatic carbocycles. The van der Waals surface area contributed by atoms with Crippen molar-refractivity contribution in [2.75, 3.05) is 0 Å². The average molecular weight is 675 g/mol. The summed E-state index contributed by atoms with van der Waals surface area (Å²) in [6.45, 7) is 8.63. The lowest BCUT2D eigenvalue weighted by Gasteiger charge is -2.38. The fourth-order valence-corrected chi connectivity index (χ4v) is 8.04. The molecule has 0 radical (unpaired) electrons. The predicted octanol–water partition coefficient (Wildman–Crippen LogP) is 7.24. The molecule has 0 amide bonds. The Kier molecular flexibility index (Phi) is 10.2. The van der Waals surface area contributed by atoms with Gasteiger partial charge in [0.15, 0.2) is 0 Å². The van der Waals surface area contributed by atoms with Crippen molar-refractivity contribution in [1.29, 1.82) is 0 Å². The molecule has 1 heterocycles. The number of benzene rings is 4. The summed E-state index contributed by atoms with van der Waals surface area (Å²) in [4.78, 5) is 31.6. The van der Waals surface area contributed by atoms with E-state index in [0.29, 0.717) is 16.1 Å². The van der Waals surface area contributed by atoms with E-state index in [1.807, 2.05) is 48.2 Å². The van der Waals surface area contributed by atoms with Crippen molar-refractivity contribution in [3.8, 4) is 0 Å². The van der Waals surface area contributed by atoms with Crippen LogP contribution in [0.4, 0.5) is 0 Å². The highest BCUT2D eigenvalue weighted by Gasteiger charge is 2.73. The molecule has 0 bridgehead atoms. The third-order valence-corrected chi connectivity index (χ3v) is 10.1. The molecule has 47 heavy (non-hydrogen) atoms. The Morgan fingerprint density at radius 2 is 1.26 bits per heavy atom. The second-order valence-electron chi connectivity index (χ2n) is 12.2. The molecule has 2 atom stereocenters. The lowest BCUT2D eigenvalue weighted by molar-refractivity contribution is -0.176. The zero-order valence-corrected chi connectivity index (χ0v) is 28.6. The molecule has 0 spiro atoms. The molecule has 8 nitrogen and oxygen atoms in total. The standard InChI is InChI=1S/C37H39ClN2O6S/c1-25(2)45-35(41)37(36(42)46-26(3)4)33(29-18-20-31(38)21-19-29)39(24-28-12-8-6-9-13-28)34(30-14-10-7-11-15-30)40(37)47(43,44)32-22-16-27(5)17-23-32/h6-23,25-26,33-34H,24H2,1-5H3/t33-,34+/m0/s1. The second-order valence-corrected chi connectivity index (χ2v) is 14.4. The molecule has 0 aromatic heterocycles. The topological polar surface area (TPSA) is 93.2 Å². The largest absolute Gasteiger partial charge is 0.461 e. The summed E-state index contributed by atoms with van der Waals surface area (Å²) >= 11 is 6.33. The van der Waals surface area contributed by atoms with Crippen molar-refractivity contribution in [2.45, 2.75) is 76.0 Å².